The Morgan fingerprint density at radius 2 is 1.71 bits per heavy atom. The van der Waals surface area contributed by atoms with E-state index in [4.69, 9.17) is 9.47 Å². The van der Waals surface area contributed by atoms with Crippen molar-refractivity contribution >= 4 is 11.7 Å². The molecular formula is C30H42N2O3. The van der Waals surface area contributed by atoms with Crippen molar-refractivity contribution in [2.75, 3.05) is 38.7 Å². The van der Waals surface area contributed by atoms with Gasteiger partial charge in [-0.05, 0) is 81.7 Å². The summed E-state index contributed by atoms with van der Waals surface area (Å²) in [6, 6.07) is 16.7. The number of piperidine rings is 1. The number of carbonyl (C=O) groups excluding carboxylic acids is 1. The number of esters is 1. The number of rotatable bonds is 10. The standard InChI is InChI=1S/C30H42N2O3/c1-24-10-12-25(13-11-24)31-26-14-20-32(21-15-26)22-18-30(16-6-3-7-17-30)19-23-35-28-9-5-4-8-27(28)29(33)34-2/h4-5,8-13,26,31H,3,6-7,14-23H2,1-2H3. The molecule has 1 aliphatic carbocycles. The Balaban J connectivity index is 1.25. The van der Waals surface area contributed by atoms with Crippen LogP contribution in [0, 0.1) is 12.3 Å². The lowest BCUT2D eigenvalue weighted by Gasteiger charge is -2.40. The van der Waals surface area contributed by atoms with E-state index in [1.165, 1.54) is 89.4 Å². The Morgan fingerprint density at radius 1 is 1.00 bits per heavy atom. The van der Waals surface area contributed by atoms with Gasteiger partial charge in [-0.15, -0.1) is 0 Å². The number of benzene rings is 2. The van der Waals surface area contributed by atoms with Gasteiger partial charge in [0.25, 0.3) is 0 Å². The Labute approximate surface area is 211 Å². The van der Waals surface area contributed by atoms with Crippen LogP contribution in [0.4, 0.5) is 5.69 Å². The van der Waals surface area contributed by atoms with Gasteiger partial charge in [0.2, 0.25) is 0 Å². The Hall–Kier alpha value is -2.53. The van der Waals surface area contributed by atoms with Gasteiger partial charge in [0.1, 0.15) is 11.3 Å². The lowest BCUT2D eigenvalue weighted by atomic mass is 9.69. The van der Waals surface area contributed by atoms with E-state index in [9.17, 15) is 4.79 Å². The second-order valence-electron chi connectivity index (χ2n) is 10.5. The van der Waals surface area contributed by atoms with Crippen LogP contribution < -0.4 is 10.1 Å². The largest absolute Gasteiger partial charge is 0.493 e. The monoisotopic (exact) mass is 478 g/mol. The van der Waals surface area contributed by atoms with Crippen molar-refractivity contribution in [1.82, 2.24) is 4.90 Å². The Bertz CT molecular complexity index is 929. The molecule has 190 valence electrons. The number of ether oxygens (including phenoxy) is 2. The predicted octanol–water partition coefficient (Wildman–Crippen LogP) is 6.47. The zero-order valence-corrected chi connectivity index (χ0v) is 21.6. The van der Waals surface area contributed by atoms with Crippen molar-refractivity contribution in [3.05, 3.63) is 59.7 Å². The minimum Gasteiger partial charge on any atom is -0.493 e. The molecule has 1 N–H and O–H groups in total. The maximum absolute atomic E-state index is 12.1. The van der Waals surface area contributed by atoms with Crippen LogP contribution in [0.1, 0.15) is 73.7 Å². The smallest absolute Gasteiger partial charge is 0.341 e. The highest BCUT2D eigenvalue weighted by atomic mass is 16.5. The minimum absolute atomic E-state index is 0.340. The minimum atomic E-state index is -0.340. The number of carbonyl (C=O) groups is 1. The summed E-state index contributed by atoms with van der Waals surface area (Å²) in [5, 5.41) is 3.73. The van der Waals surface area contributed by atoms with E-state index in [0.717, 1.165) is 6.42 Å². The van der Waals surface area contributed by atoms with Crippen molar-refractivity contribution in [2.45, 2.75) is 70.8 Å². The van der Waals surface area contributed by atoms with Crippen LogP contribution >= 0.6 is 0 Å². The summed E-state index contributed by atoms with van der Waals surface area (Å²) in [4.78, 5) is 14.7. The summed E-state index contributed by atoms with van der Waals surface area (Å²) in [6.07, 6.45) is 11.3. The van der Waals surface area contributed by atoms with Gasteiger partial charge in [0.05, 0.1) is 13.7 Å². The molecule has 5 heteroatoms. The third-order valence-electron chi connectivity index (χ3n) is 8.06. The molecule has 1 aliphatic heterocycles. The van der Waals surface area contributed by atoms with E-state index < -0.39 is 0 Å². The van der Waals surface area contributed by atoms with Gasteiger partial charge in [0.15, 0.2) is 0 Å². The first-order chi connectivity index (χ1) is 17.1. The number of hydrogen-bond acceptors (Lipinski definition) is 5. The van der Waals surface area contributed by atoms with Crippen LogP contribution in [0.2, 0.25) is 0 Å². The highest BCUT2D eigenvalue weighted by Gasteiger charge is 2.33. The molecule has 4 rings (SSSR count). The topological polar surface area (TPSA) is 50.8 Å². The second-order valence-corrected chi connectivity index (χ2v) is 10.5. The number of nitrogens with one attached hydrogen (secondary N) is 1. The van der Waals surface area contributed by atoms with E-state index in [1.807, 2.05) is 18.2 Å². The van der Waals surface area contributed by atoms with Crippen molar-refractivity contribution in [3.8, 4) is 5.75 Å². The van der Waals surface area contributed by atoms with Gasteiger partial charge in [-0.1, -0.05) is 49.1 Å². The van der Waals surface area contributed by atoms with E-state index in [-0.39, 0.29) is 5.97 Å². The predicted molar refractivity (Wildman–Crippen MR) is 142 cm³/mol. The first kappa shape index (κ1) is 25.6. The number of hydrogen-bond donors (Lipinski definition) is 1. The molecular weight excluding hydrogens is 436 g/mol. The average Bonchev–Trinajstić information content (AvgIpc) is 2.90. The molecule has 0 bridgehead atoms. The Kier molecular flexibility index (Phi) is 9.08. The van der Waals surface area contributed by atoms with Gasteiger partial charge in [-0.3, -0.25) is 0 Å². The quantitative estimate of drug-likeness (QED) is 0.397. The molecule has 35 heavy (non-hydrogen) atoms. The molecule has 1 saturated carbocycles. The van der Waals surface area contributed by atoms with Crippen LogP contribution in [0.5, 0.6) is 5.75 Å². The fraction of sp³-hybridized carbons (Fsp3) is 0.567. The molecule has 1 heterocycles. The molecule has 2 aromatic rings. The van der Waals surface area contributed by atoms with Crippen LogP contribution in [0.25, 0.3) is 0 Å². The normalized spacial score (nSPS) is 18.7. The summed E-state index contributed by atoms with van der Waals surface area (Å²) in [6.45, 7) is 6.30. The van der Waals surface area contributed by atoms with Crippen molar-refractivity contribution in [3.63, 3.8) is 0 Å². The molecule has 0 spiro atoms. The number of anilines is 1. The molecule has 0 amide bonds. The zero-order chi connectivity index (χ0) is 24.5. The molecule has 0 unspecified atom stereocenters. The number of nitrogens with zero attached hydrogens (tertiary/aromatic N) is 1. The number of para-hydroxylation sites is 1. The van der Waals surface area contributed by atoms with E-state index in [2.05, 4.69) is 41.4 Å². The molecule has 5 nitrogen and oxygen atoms in total. The third-order valence-corrected chi connectivity index (χ3v) is 8.06. The fourth-order valence-corrected chi connectivity index (χ4v) is 5.76. The summed E-state index contributed by atoms with van der Waals surface area (Å²) >= 11 is 0. The first-order valence-corrected chi connectivity index (χ1v) is 13.4. The first-order valence-electron chi connectivity index (χ1n) is 13.4. The highest BCUT2D eigenvalue weighted by molar-refractivity contribution is 5.92. The van der Waals surface area contributed by atoms with Crippen LogP contribution in [0.15, 0.2) is 48.5 Å². The molecule has 0 aromatic heterocycles. The molecule has 2 fully saturated rings. The number of methoxy groups -OCH3 is 1. The molecule has 2 aliphatic rings. The third kappa shape index (κ3) is 7.23. The van der Waals surface area contributed by atoms with Gasteiger partial charge in [-0.2, -0.15) is 0 Å². The van der Waals surface area contributed by atoms with Gasteiger partial charge < -0.3 is 19.7 Å². The van der Waals surface area contributed by atoms with Gasteiger partial charge in [-0.25, -0.2) is 4.79 Å². The summed E-state index contributed by atoms with van der Waals surface area (Å²) in [5.74, 6) is 0.293. The average molecular weight is 479 g/mol. The maximum atomic E-state index is 12.1. The molecule has 2 aromatic carbocycles. The second kappa shape index (κ2) is 12.4. The van der Waals surface area contributed by atoms with Crippen LogP contribution in [-0.4, -0.2) is 50.3 Å². The SMILES string of the molecule is COC(=O)c1ccccc1OCCC1(CCN2CCC(Nc3ccc(C)cc3)CC2)CCCCC1. The van der Waals surface area contributed by atoms with Crippen molar-refractivity contribution < 1.29 is 14.3 Å². The van der Waals surface area contributed by atoms with E-state index in [0.29, 0.717) is 29.4 Å². The van der Waals surface area contributed by atoms with E-state index in [1.54, 1.807) is 6.07 Å². The Morgan fingerprint density at radius 3 is 2.43 bits per heavy atom. The number of likely N-dealkylation sites (tertiary alicyclic amines) is 1. The zero-order valence-electron chi connectivity index (χ0n) is 21.6. The van der Waals surface area contributed by atoms with Gasteiger partial charge >= 0.3 is 5.97 Å². The lowest BCUT2D eigenvalue weighted by molar-refractivity contribution is 0.0593. The molecule has 0 radical (unpaired) electrons. The summed E-state index contributed by atoms with van der Waals surface area (Å²) < 4.78 is 11.1. The lowest BCUT2D eigenvalue weighted by Crippen LogP contribution is -2.41. The van der Waals surface area contributed by atoms with Crippen LogP contribution in [0.3, 0.4) is 0 Å². The summed E-state index contributed by atoms with van der Waals surface area (Å²) in [7, 11) is 1.41. The molecule has 1 saturated heterocycles. The summed E-state index contributed by atoms with van der Waals surface area (Å²) in [5.41, 5.74) is 3.41. The fourth-order valence-electron chi connectivity index (χ4n) is 5.76. The number of aryl methyl sites for hydroxylation is 1. The molecule has 0 atom stereocenters. The highest BCUT2D eigenvalue weighted by Crippen LogP contribution is 2.42. The van der Waals surface area contributed by atoms with Crippen molar-refractivity contribution in [1.29, 1.82) is 0 Å². The van der Waals surface area contributed by atoms with Gasteiger partial charge in [0, 0.05) is 24.8 Å². The van der Waals surface area contributed by atoms with Crippen LogP contribution in [-0.2, 0) is 4.74 Å². The maximum Gasteiger partial charge on any atom is 0.341 e. The van der Waals surface area contributed by atoms with E-state index >= 15 is 0 Å². The van der Waals surface area contributed by atoms with Crippen molar-refractivity contribution in [2.24, 2.45) is 5.41 Å².